The first-order valence-corrected chi connectivity index (χ1v) is 9.29. The van der Waals surface area contributed by atoms with Crippen molar-refractivity contribution in [1.29, 1.82) is 0 Å². The Hall–Kier alpha value is -2.45. The third-order valence-corrected chi connectivity index (χ3v) is 5.16. The number of benzene rings is 2. The highest BCUT2D eigenvalue weighted by Gasteiger charge is 2.09. The van der Waals surface area contributed by atoms with E-state index in [4.69, 9.17) is 0 Å². The second-order valence-electron chi connectivity index (χ2n) is 5.02. The first-order chi connectivity index (χ1) is 12.2. The SMILES string of the molecule is O=C(CSc1nnc(Nc2ccccc2)s1)NCc1ccccc1F. The molecule has 0 aliphatic rings. The molecule has 0 aliphatic carbocycles. The van der Waals surface area contributed by atoms with Crippen LogP contribution < -0.4 is 10.6 Å². The molecule has 0 spiro atoms. The van der Waals surface area contributed by atoms with Crippen molar-refractivity contribution in [1.82, 2.24) is 15.5 Å². The number of nitrogens with one attached hydrogen (secondary N) is 2. The van der Waals surface area contributed by atoms with E-state index in [1.807, 2.05) is 30.3 Å². The largest absolute Gasteiger partial charge is 0.351 e. The zero-order chi connectivity index (χ0) is 17.5. The summed E-state index contributed by atoms with van der Waals surface area (Å²) in [5, 5.41) is 14.6. The van der Waals surface area contributed by atoms with Gasteiger partial charge in [-0.3, -0.25) is 4.79 Å². The molecular weight excluding hydrogens is 359 g/mol. The Labute approximate surface area is 152 Å². The molecule has 3 aromatic rings. The molecule has 1 heterocycles. The van der Waals surface area contributed by atoms with Gasteiger partial charge < -0.3 is 10.6 Å². The minimum Gasteiger partial charge on any atom is -0.351 e. The molecule has 0 aliphatic heterocycles. The van der Waals surface area contributed by atoms with Crippen molar-refractivity contribution < 1.29 is 9.18 Å². The van der Waals surface area contributed by atoms with Crippen LogP contribution in [0.2, 0.25) is 0 Å². The number of carbonyl (C=O) groups is 1. The number of nitrogens with zero attached hydrogens (tertiary/aromatic N) is 2. The van der Waals surface area contributed by atoms with Crippen LogP contribution in [0.25, 0.3) is 0 Å². The van der Waals surface area contributed by atoms with E-state index < -0.39 is 0 Å². The Morgan fingerprint density at radius 1 is 1.08 bits per heavy atom. The number of thioether (sulfide) groups is 1. The van der Waals surface area contributed by atoms with Gasteiger partial charge >= 0.3 is 0 Å². The van der Waals surface area contributed by atoms with E-state index in [9.17, 15) is 9.18 Å². The molecule has 0 bridgehead atoms. The summed E-state index contributed by atoms with van der Waals surface area (Å²) in [4.78, 5) is 11.9. The zero-order valence-corrected chi connectivity index (χ0v) is 14.7. The van der Waals surface area contributed by atoms with Crippen molar-refractivity contribution >= 4 is 39.8 Å². The van der Waals surface area contributed by atoms with E-state index in [1.54, 1.807) is 18.2 Å². The number of halogens is 1. The second kappa shape index (κ2) is 8.59. The van der Waals surface area contributed by atoms with Crippen LogP contribution in [-0.2, 0) is 11.3 Å². The normalized spacial score (nSPS) is 10.4. The standard InChI is InChI=1S/C17H15FN4OS2/c18-14-9-5-4-6-12(14)10-19-15(23)11-24-17-22-21-16(25-17)20-13-7-2-1-3-8-13/h1-9H,10-11H2,(H,19,23)(H,20,21). The van der Waals surface area contributed by atoms with Crippen molar-refractivity contribution in [2.45, 2.75) is 10.9 Å². The van der Waals surface area contributed by atoms with Crippen LogP contribution in [0.1, 0.15) is 5.56 Å². The summed E-state index contributed by atoms with van der Waals surface area (Å²) < 4.78 is 14.2. The molecule has 25 heavy (non-hydrogen) atoms. The minimum absolute atomic E-state index is 0.170. The number of para-hydroxylation sites is 1. The molecular formula is C17H15FN4OS2. The van der Waals surface area contributed by atoms with E-state index in [1.165, 1.54) is 29.2 Å². The Morgan fingerprint density at radius 2 is 1.84 bits per heavy atom. The van der Waals surface area contributed by atoms with E-state index in [2.05, 4.69) is 20.8 Å². The lowest BCUT2D eigenvalue weighted by Gasteiger charge is -2.05. The summed E-state index contributed by atoms with van der Waals surface area (Å²) in [6, 6.07) is 16.0. The van der Waals surface area contributed by atoms with Gasteiger partial charge in [-0.15, -0.1) is 10.2 Å². The number of amides is 1. The van der Waals surface area contributed by atoms with Crippen LogP contribution in [0.15, 0.2) is 58.9 Å². The Morgan fingerprint density at radius 3 is 2.64 bits per heavy atom. The number of hydrogen-bond acceptors (Lipinski definition) is 6. The summed E-state index contributed by atoms with van der Waals surface area (Å²) in [7, 11) is 0. The highest BCUT2D eigenvalue weighted by Crippen LogP contribution is 2.27. The molecule has 128 valence electrons. The molecule has 0 radical (unpaired) electrons. The van der Waals surface area contributed by atoms with Gasteiger partial charge in [0.1, 0.15) is 5.82 Å². The van der Waals surface area contributed by atoms with Crippen molar-refractivity contribution in [3.8, 4) is 0 Å². The molecule has 2 aromatic carbocycles. The molecule has 3 rings (SSSR count). The van der Waals surface area contributed by atoms with Crippen LogP contribution in [0.5, 0.6) is 0 Å². The quantitative estimate of drug-likeness (QED) is 0.615. The maximum Gasteiger partial charge on any atom is 0.230 e. The van der Waals surface area contributed by atoms with Crippen LogP contribution in [0.3, 0.4) is 0 Å². The third kappa shape index (κ3) is 5.27. The van der Waals surface area contributed by atoms with Crippen LogP contribution in [0.4, 0.5) is 15.2 Å². The molecule has 5 nitrogen and oxygen atoms in total. The number of hydrogen-bond donors (Lipinski definition) is 2. The second-order valence-corrected chi connectivity index (χ2v) is 7.22. The summed E-state index contributed by atoms with van der Waals surface area (Å²) in [5.74, 6) is -0.300. The Bertz CT molecular complexity index is 841. The highest BCUT2D eigenvalue weighted by molar-refractivity contribution is 8.01. The zero-order valence-electron chi connectivity index (χ0n) is 13.1. The van der Waals surface area contributed by atoms with Gasteiger partial charge in [-0.1, -0.05) is 59.5 Å². The fourth-order valence-corrected chi connectivity index (χ4v) is 3.58. The molecule has 0 unspecified atom stereocenters. The van der Waals surface area contributed by atoms with Gasteiger partial charge in [0.25, 0.3) is 0 Å². The first-order valence-electron chi connectivity index (χ1n) is 7.49. The smallest absolute Gasteiger partial charge is 0.230 e. The molecule has 1 amide bonds. The lowest BCUT2D eigenvalue weighted by Crippen LogP contribution is -2.24. The topological polar surface area (TPSA) is 66.9 Å². The number of rotatable bonds is 7. The maximum absolute atomic E-state index is 13.5. The minimum atomic E-state index is -0.323. The predicted molar refractivity (Wildman–Crippen MR) is 98.6 cm³/mol. The molecule has 0 saturated heterocycles. The lowest BCUT2D eigenvalue weighted by atomic mass is 10.2. The fourth-order valence-electron chi connectivity index (χ4n) is 1.98. The van der Waals surface area contributed by atoms with Crippen LogP contribution >= 0.6 is 23.1 Å². The molecule has 8 heteroatoms. The van der Waals surface area contributed by atoms with Crippen LogP contribution in [-0.4, -0.2) is 21.9 Å². The van der Waals surface area contributed by atoms with Gasteiger partial charge in [-0.2, -0.15) is 0 Å². The molecule has 0 fully saturated rings. The summed E-state index contributed by atoms with van der Waals surface area (Å²) in [6.07, 6.45) is 0. The molecule has 2 N–H and O–H groups in total. The predicted octanol–water partition coefficient (Wildman–Crippen LogP) is 3.83. The van der Waals surface area contributed by atoms with E-state index in [-0.39, 0.29) is 24.0 Å². The van der Waals surface area contributed by atoms with E-state index in [0.717, 1.165) is 5.69 Å². The maximum atomic E-state index is 13.5. The summed E-state index contributed by atoms with van der Waals surface area (Å²) in [5.41, 5.74) is 1.39. The fraction of sp³-hybridized carbons (Fsp3) is 0.118. The van der Waals surface area contributed by atoms with Gasteiger partial charge in [-0.05, 0) is 18.2 Å². The van der Waals surface area contributed by atoms with Crippen molar-refractivity contribution in [2.75, 3.05) is 11.1 Å². The molecule has 0 atom stereocenters. The highest BCUT2D eigenvalue weighted by atomic mass is 32.2. The Kier molecular flexibility index (Phi) is 5.97. The van der Waals surface area contributed by atoms with Crippen molar-refractivity contribution in [3.63, 3.8) is 0 Å². The van der Waals surface area contributed by atoms with Crippen molar-refractivity contribution in [3.05, 3.63) is 66.0 Å². The number of carbonyl (C=O) groups excluding carboxylic acids is 1. The molecule has 0 saturated carbocycles. The lowest BCUT2D eigenvalue weighted by molar-refractivity contribution is -0.118. The Balaban J connectivity index is 1.45. The average Bonchev–Trinajstić information content (AvgIpc) is 3.07. The van der Waals surface area contributed by atoms with Crippen LogP contribution in [0, 0.1) is 5.82 Å². The van der Waals surface area contributed by atoms with Crippen molar-refractivity contribution in [2.24, 2.45) is 0 Å². The van der Waals surface area contributed by atoms with Gasteiger partial charge in [0.05, 0.1) is 5.75 Å². The first kappa shape index (κ1) is 17.4. The summed E-state index contributed by atoms with van der Waals surface area (Å²) >= 11 is 2.67. The third-order valence-electron chi connectivity index (χ3n) is 3.19. The summed E-state index contributed by atoms with van der Waals surface area (Å²) in [6.45, 7) is 0.170. The molecule has 1 aromatic heterocycles. The van der Waals surface area contributed by atoms with E-state index >= 15 is 0 Å². The number of aromatic nitrogens is 2. The van der Waals surface area contributed by atoms with Gasteiger partial charge in [0.2, 0.25) is 11.0 Å². The van der Waals surface area contributed by atoms with E-state index in [0.29, 0.717) is 15.0 Å². The number of anilines is 2. The average molecular weight is 374 g/mol. The van der Waals surface area contributed by atoms with Gasteiger partial charge in [-0.25, -0.2) is 4.39 Å². The van der Waals surface area contributed by atoms with Gasteiger partial charge in [0.15, 0.2) is 4.34 Å². The monoisotopic (exact) mass is 374 g/mol. The van der Waals surface area contributed by atoms with Gasteiger partial charge in [0, 0.05) is 17.8 Å².